The van der Waals surface area contributed by atoms with Crippen LogP contribution in [0, 0.1) is 0 Å². The summed E-state index contributed by atoms with van der Waals surface area (Å²) in [5.41, 5.74) is 0.951. The van der Waals surface area contributed by atoms with Gasteiger partial charge in [0.05, 0.1) is 5.25 Å². The Morgan fingerprint density at radius 2 is 1.92 bits per heavy atom. The number of nitrogens with one attached hydrogen (secondary N) is 2. The highest BCUT2D eigenvalue weighted by Gasteiger charge is 2.30. The largest absolute Gasteiger partial charge is 0.442 e. The molecule has 6 nitrogen and oxygen atoms in total. The van der Waals surface area contributed by atoms with Crippen molar-refractivity contribution in [1.82, 2.24) is 5.27 Å². The molecular weight excluding hydrogens is 418 g/mol. The summed E-state index contributed by atoms with van der Waals surface area (Å²) in [6.07, 6.45) is 0.562. The van der Waals surface area contributed by atoms with Gasteiger partial charge in [0.25, 0.3) is 0 Å². The molecule has 0 saturated heterocycles. The fourth-order valence-corrected chi connectivity index (χ4v) is 3.58. The number of halogens is 1. The third kappa shape index (κ3) is 4.25. The Balaban J connectivity index is 1.80. The second-order valence-corrected chi connectivity index (χ2v) is 7.57. The second kappa shape index (κ2) is 8.37. The van der Waals surface area contributed by atoms with E-state index in [0.29, 0.717) is 17.1 Å². The first-order chi connectivity index (χ1) is 12.6. The van der Waals surface area contributed by atoms with Gasteiger partial charge in [0, 0.05) is 22.3 Å². The average molecular weight is 435 g/mol. The molecule has 8 heteroatoms. The van der Waals surface area contributed by atoms with E-state index in [-0.39, 0.29) is 5.91 Å². The quantitative estimate of drug-likeness (QED) is 0.459. The molecule has 0 aliphatic heterocycles. The number of para-hydroxylation sites is 1. The van der Waals surface area contributed by atoms with Gasteiger partial charge in [0.15, 0.2) is 0 Å². The van der Waals surface area contributed by atoms with Gasteiger partial charge in [-0.25, -0.2) is 4.79 Å². The van der Waals surface area contributed by atoms with Crippen molar-refractivity contribution in [1.29, 1.82) is 0 Å². The van der Waals surface area contributed by atoms with Crippen molar-refractivity contribution < 1.29 is 14.0 Å². The van der Waals surface area contributed by atoms with Crippen molar-refractivity contribution in [2.45, 2.75) is 23.6 Å². The molecule has 1 amide bonds. The van der Waals surface area contributed by atoms with Crippen LogP contribution in [0.4, 0.5) is 5.69 Å². The molecule has 0 saturated carbocycles. The molecule has 0 spiro atoms. The average Bonchev–Trinajstić information content (AvgIpc) is 3.02. The maximum absolute atomic E-state index is 12.6. The predicted molar refractivity (Wildman–Crippen MR) is 104 cm³/mol. The lowest BCUT2D eigenvalue weighted by Crippen LogP contribution is -2.37. The molecule has 1 aromatic heterocycles. The van der Waals surface area contributed by atoms with E-state index < -0.39 is 10.9 Å². The summed E-state index contributed by atoms with van der Waals surface area (Å²) in [7, 11) is 0. The highest BCUT2D eigenvalue weighted by Crippen LogP contribution is 2.23. The van der Waals surface area contributed by atoms with Crippen LogP contribution in [0.3, 0.4) is 0 Å². The van der Waals surface area contributed by atoms with Crippen LogP contribution in [-0.2, 0) is 4.79 Å². The maximum Gasteiger partial charge on any atom is 0.442 e. The minimum Gasteiger partial charge on any atom is -0.325 e. The summed E-state index contributed by atoms with van der Waals surface area (Å²) in [4.78, 5) is 24.7. The number of aromatic nitrogens is 2. The molecule has 26 heavy (non-hydrogen) atoms. The van der Waals surface area contributed by atoms with Crippen LogP contribution in [0.15, 0.2) is 73.4 Å². The van der Waals surface area contributed by atoms with Crippen molar-refractivity contribution in [3.05, 3.63) is 69.5 Å². The highest BCUT2D eigenvalue weighted by molar-refractivity contribution is 9.10. The summed E-state index contributed by atoms with van der Waals surface area (Å²) in [6, 6.07) is 16.6. The minimum absolute atomic E-state index is 0.167. The zero-order valence-electron chi connectivity index (χ0n) is 13.9. The van der Waals surface area contributed by atoms with Crippen LogP contribution < -0.4 is 15.6 Å². The number of amides is 1. The van der Waals surface area contributed by atoms with E-state index in [0.717, 1.165) is 10.2 Å². The second-order valence-electron chi connectivity index (χ2n) is 5.47. The number of thioether (sulfide) groups is 1. The zero-order valence-corrected chi connectivity index (χ0v) is 16.3. The van der Waals surface area contributed by atoms with Crippen molar-refractivity contribution in [2.75, 3.05) is 5.32 Å². The summed E-state index contributed by atoms with van der Waals surface area (Å²) >= 11 is 4.54. The predicted octanol–water partition coefficient (Wildman–Crippen LogP) is 3.52. The Kier molecular flexibility index (Phi) is 5.95. The number of aromatic amines is 1. The molecular formula is C18H17BrN3O3S+. The number of benzene rings is 2. The van der Waals surface area contributed by atoms with Crippen molar-refractivity contribution in [3.8, 4) is 5.69 Å². The van der Waals surface area contributed by atoms with E-state index in [1.165, 1.54) is 11.8 Å². The van der Waals surface area contributed by atoms with E-state index in [4.69, 9.17) is 4.52 Å². The van der Waals surface area contributed by atoms with Crippen LogP contribution in [0.5, 0.6) is 0 Å². The number of rotatable bonds is 6. The lowest BCUT2D eigenvalue weighted by atomic mass is 10.3. The highest BCUT2D eigenvalue weighted by atomic mass is 79.9. The van der Waals surface area contributed by atoms with Gasteiger partial charge >= 0.3 is 10.7 Å². The Bertz CT molecular complexity index is 938. The third-order valence-corrected chi connectivity index (χ3v) is 5.58. The Morgan fingerprint density at radius 1 is 1.23 bits per heavy atom. The van der Waals surface area contributed by atoms with Crippen molar-refractivity contribution in [3.63, 3.8) is 0 Å². The van der Waals surface area contributed by atoms with Crippen LogP contribution in [0.1, 0.15) is 13.3 Å². The zero-order chi connectivity index (χ0) is 18.5. The minimum atomic E-state index is -0.506. The van der Waals surface area contributed by atoms with Crippen LogP contribution in [0.2, 0.25) is 0 Å². The van der Waals surface area contributed by atoms with Crippen molar-refractivity contribution in [2.24, 2.45) is 0 Å². The van der Waals surface area contributed by atoms with E-state index in [1.54, 1.807) is 4.68 Å². The molecule has 2 N–H and O–H groups in total. The van der Waals surface area contributed by atoms with Crippen LogP contribution >= 0.6 is 27.7 Å². The fraction of sp³-hybridized carbons (Fsp3) is 0.167. The summed E-state index contributed by atoms with van der Waals surface area (Å²) in [5.74, 6) is -0.167. The molecule has 2 aromatic carbocycles. The lowest BCUT2D eigenvalue weighted by molar-refractivity contribution is -0.704. The van der Waals surface area contributed by atoms with E-state index in [9.17, 15) is 9.59 Å². The summed E-state index contributed by atoms with van der Waals surface area (Å²) in [5, 5.41) is 5.35. The van der Waals surface area contributed by atoms with Gasteiger partial charge in [-0.2, -0.15) is 0 Å². The van der Waals surface area contributed by atoms with Crippen LogP contribution in [-0.4, -0.2) is 16.4 Å². The topological polar surface area (TPSA) is 79.0 Å². The third-order valence-electron chi connectivity index (χ3n) is 3.65. The summed E-state index contributed by atoms with van der Waals surface area (Å²) in [6.45, 7) is 1.90. The van der Waals surface area contributed by atoms with Gasteiger partial charge < -0.3 is 5.32 Å². The smallest absolute Gasteiger partial charge is 0.325 e. The number of carbonyl (C=O) groups is 1. The lowest BCUT2D eigenvalue weighted by Gasteiger charge is -2.12. The Labute approximate surface area is 162 Å². The molecule has 3 aromatic rings. The number of hydrogen-bond acceptors (Lipinski definition) is 4. The number of hydrogen-bond donors (Lipinski definition) is 2. The first-order valence-corrected chi connectivity index (χ1v) is 9.67. The molecule has 1 atom stereocenters. The molecule has 1 heterocycles. The standard InChI is InChI=1S/C18H16BrN3O3S/c1-2-15(16(23)20-13-10-8-12(19)9-11-13)26-17-18(24)25-21-22(17)14-6-4-3-5-7-14/h3-11,15H,2H2,1H3,(H-,20,21,23,24)/p+1. The number of anilines is 1. The first kappa shape index (κ1) is 18.5. The van der Waals surface area contributed by atoms with Gasteiger partial charge in [-0.15, -0.1) is 0 Å². The van der Waals surface area contributed by atoms with E-state index in [1.807, 2.05) is 61.5 Å². The molecule has 0 radical (unpaired) electrons. The molecule has 134 valence electrons. The number of nitrogens with zero attached hydrogens (tertiary/aromatic N) is 1. The normalized spacial score (nSPS) is 11.9. The van der Waals surface area contributed by atoms with Gasteiger partial charge in [0.1, 0.15) is 0 Å². The molecule has 1 unspecified atom stereocenters. The molecule has 0 fully saturated rings. The molecule has 0 aliphatic rings. The number of H-pyrrole nitrogens is 1. The molecule has 0 bridgehead atoms. The SMILES string of the molecule is CCC(Sc1c(=O)o[nH][n+]1-c1ccccc1)C(=O)Nc1ccc(Br)cc1. The Morgan fingerprint density at radius 3 is 2.58 bits per heavy atom. The van der Waals surface area contributed by atoms with Gasteiger partial charge in [-0.1, -0.05) is 41.1 Å². The maximum atomic E-state index is 12.6. The van der Waals surface area contributed by atoms with Crippen LogP contribution in [0.25, 0.3) is 5.69 Å². The van der Waals surface area contributed by atoms with Gasteiger partial charge in [0.2, 0.25) is 11.6 Å². The first-order valence-electron chi connectivity index (χ1n) is 8.00. The molecule has 0 aliphatic carbocycles. The van der Waals surface area contributed by atoms with Gasteiger partial charge in [-0.05, 0) is 52.4 Å². The molecule has 3 rings (SSSR count). The summed E-state index contributed by atoms with van der Waals surface area (Å²) < 4.78 is 7.41. The van der Waals surface area contributed by atoms with E-state index >= 15 is 0 Å². The Hall–Kier alpha value is -2.32. The monoisotopic (exact) mass is 434 g/mol. The van der Waals surface area contributed by atoms with Gasteiger partial charge in [-0.3, -0.25) is 9.32 Å². The number of carbonyl (C=O) groups excluding carboxylic acids is 1. The fourth-order valence-electron chi connectivity index (χ4n) is 2.32. The van der Waals surface area contributed by atoms with Crippen molar-refractivity contribution >= 4 is 39.3 Å². The van der Waals surface area contributed by atoms with E-state index in [2.05, 4.69) is 26.5 Å².